The van der Waals surface area contributed by atoms with Crippen LogP contribution in [0.1, 0.15) is 12.0 Å². The highest BCUT2D eigenvalue weighted by Crippen LogP contribution is 2.13. The monoisotopic (exact) mass is 283 g/mol. The van der Waals surface area contributed by atoms with Crippen molar-refractivity contribution in [3.63, 3.8) is 0 Å². The number of carbonyl (C=O) groups is 1. The average molecular weight is 283 g/mol. The Labute approximate surface area is 122 Å². The van der Waals surface area contributed by atoms with Gasteiger partial charge in [-0.25, -0.2) is 4.39 Å². The molecule has 106 valence electrons. The number of anilines is 2. The van der Waals surface area contributed by atoms with Gasteiger partial charge in [-0.1, -0.05) is 12.1 Å². The summed E-state index contributed by atoms with van der Waals surface area (Å²) in [5.41, 5.74) is 1.80. The van der Waals surface area contributed by atoms with Crippen LogP contribution in [0.3, 0.4) is 0 Å². The molecule has 0 aliphatic carbocycles. The first-order chi connectivity index (χ1) is 10.2. The van der Waals surface area contributed by atoms with E-state index in [9.17, 15) is 9.18 Å². The van der Waals surface area contributed by atoms with E-state index in [2.05, 4.69) is 16.7 Å². The summed E-state index contributed by atoms with van der Waals surface area (Å²) in [4.78, 5) is 11.7. The SMILES string of the molecule is N#Cc1ccccc1NCCC(=O)Nc1ccc(F)cc1. The number of nitrogens with zero attached hydrogens (tertiary/aromatic N) is 1. The molecule has 0 atom stereocenters. The van der Waals surface area contributed by atoms with Crippen molar-refractivity contribution >= 4 is 17.3 Å². The molecule has 0 saturated carbocycles. The second-order valence-electron chi connectivity index (χ2n) is 4.39. The zero-order chi connectivity index (χ0) is 15.1. The molecule has 2 aromatic carbocycles. The van der Waals surface area contributed by atoms with Crippen LogP contribution in [0.15, 0.2) is 48.5 Å². The molecule has 2 rings (SSSR count). The second kappa shape index (κ2) is 7.06. The van der Waals surface area contributed by atoms with E-state index in [1.165, 1.54) is 24.3 Å². The van der Waals surface area contributed by atoms with Crippen molar-refractivity contribution in [2.45, 2.75) is 6.42 Å². The van der Waals surface area contributed by atoms with Gasteiger partial charge < -0.3 is 10.6 Å². The first-order valence-electron chi connectivity index (χ1n) is 6.47. The van der Waals surface area contributed by atoms with Gasteiger partial charge in [-0.15, -0.1) is 0 Å². The summed E-state index contributed by atoms with van der Waals surface area (Å²) in [6.45, 7) is 0.408. The van der Waals surface area contributed by atoms with Crippen molar-refractivity contribution in [3.05, 3.63) is 59.9 Å². The van der Waals surface area contributed by atoms with Crippen LogP contribution in [0.2, 0.25) is 0 Å². The molecule has 5 heteroatoms. The van der Waals surface area contributed by atoms with Crippen molar-refractivity contribution in [2.75, 3.05) is 17.2 Å². The summed E-state index contributed by atoms with van der Waals surface area (Å²) in [6, 6.07) is 14.8. The number of hydrogen-bond donors (Lipinski definition) is 2. The molecule has 0 aliphatic heterocycles. The summed E-state index contributed by atoms with van der Waals surface area (Å²) in [7, 11) is 0. The highest BCUT2D eigenvalue weighted by Gasteiger charge is 2.04. The molecular weight excluding hydrogens is 269 g/mol. The first-order valence-corrected chi connectivity index (χ1v) is 6.47. The van der Waals surface area contributed by atoms with Crippen molar-refractivity contribution in [1.82, 2.24) is 0 Å². The molecule has 0 saturated heterocycles. The Morgan fingerprint density at radius 2 is 1.86 bits per heavy atom. The minimum atomic E-state index is -0.345. The Bertz CT molecular complexity index is 662. The maximum absolute atomic E-state index is 12.7. The molecular formula is C16H14FN3O. The molecule has 0 aromatic heterocycles. The van der Waals surface area contributed by atoms with Gasteiger partial charge in [0.1, 0.15) is 11.9 Å². The van der Waals surface area contributed by atoms with E-state index in [4.69, 9.17) is 5.26 Å². The first kappa shape index (κ1) is 14.5. The predicted octanol–water partition coefficient (Wildman–Crippen LogP) is 3.14. The lowest BCUT2D eigenvalue weighted by molar-refractivity contribution is -0.115. The number of benzene rings is 2. The van der Waals surface area contributed by atoms with Gasteiger partial charge in [0.05, 0.1) is 11.3 Å². The molecule has 0 bridgehead atoms. The predicted molar refractivity (Wildman–Crippen MR) is 79.3 cm³/mol. The molecule has 1 amide bonds. The normalized spacial score (nSPS) is 9.71. The Kier molecular flexibility index (Phi) is 4.89. The quantitative estimate of drug-likeness (QED) is 0.886. The fourth-order valence-electron chi connectivity index (χ4n) is 1.80. The van der Waals surface area contributed by atoms with Crippen LogP contribution in [0, 0.1) is 17.1 Å². The van der Waals surface area contributed by atoms with Crippen LogP contribution in [-0.2, 0) is 4.79 Å². The van der Waals surface area contributed by atoms with E-state index < -0.39 is 0 Å². The third-order valence-corrected chi connectivity index (χ3v) is 2.84. The number of nitrogens with one attached hydrogen (secondary N) is 2. The highest BCUT2D eigenvalue weighted by atomic mass is 19.1. The van der Waals surface area contributed by atoms with Crippen LogP contribution in [-0.4, -0.2) is 12.5 Å². The number of rotatable bonds is 5. The summed E-state index contributed by atoms with van der Waals surface area (Å²) in [5, 5.41) is 14.7. The van der Waals surface area contributed by atoms with E-state index in [1.54, 1.807) is 18.2 Å². The topological polar surface area (TPSA) is 64.9 Å². The van der Waals surface area contributed by atoms with E-state index in [1.807, 2.05) is 6.07 Å². The summed E-state index contributed by atoms with van der Waals surface area (Å²) >= 11 is 0. The molecule has 2 aromatic rings. The Morgan fingerprint density at radius 3 is 2.57 bits per heavy atom. The summed E-state index contributed by atoms with van der Waals surface area (Å²) < 4.78 is 12.7. The van der Waals surface area contributed by atoms with Crippen molar-refractivity contribution in [2.24, 2.45) is 0 Å². The average Bonchev–Trinajstić information content (AvgIpc) is 2.50. The van der Waals surface area contributed by atoms with Crippen LogP contribution >= 0.6 is 0 Å². The number of halogens is 1. The maximum atomic E-state index is 12.7. The smallest absolute Gasteiger partial charge is 0.226 e. The van der Waals surface area contributed by atoms with Gasteiger partial charge in [-0.05, 0) is 36.4 Å². The molecule has 4 nitrogen and oxygen atoms in total. The number of hydrogen-bond acceptors (Lipinski definition) is 3. The van der Waals surface area contributed by atoms with Gasteiger partial charge in [-0.2, -0.15) is 5.26 Å². The molecule has 0 unspecified atom stereocenters. The van der Waals surface area contributed by atoms with E-state index in [0.29, 0.717) is 23.5 Å². The highest BCUT2D eigenvalue weighted by molar-refractivity contribution is 5.90. The minimum absolute atomic E-state index is 0.177. The molecule has 0 spiro atoms. The van der Waals surface area contributed by atoms with Gasteiger partial charge in [-0.3, -0.25) is 4.79 Å². The third-order valence-electron chi connectivity index (χ3n) is 2.84. The second-order valence-corrected chi connectivity index (χ2v) is 4.39. The third kappa shape index (κ3) is 4.32. The van der Waals surface area contributed by atoms with Crippen LogP contribution in [0.4, 0.5) is 15.8 Å². The summed E-state index contributed by atoms with van der Waals surface area (Å²) in [6.07, 6.45) is 0.247. The van der Waals surface area contributed by atoms with Crippen LogP contribution in [0.5, 0.6) is 0 Å². The fourth-order valence-corrected chi connectivity index (χ4v) is 1.80. The van der Waals surface area contributed by atoms with Crippen LogP contribution in [0.25, 0.3) is 0 Å². The summed E-state index contributed by atoms with van der Waals surface area (Å²) in [5.74, 6) is -0.522. The number of nitriles is 1. The molecule has 21 heavy (non-hydrogen) atoms. The van der Waals surface area contributed by atoms with Gasteiger partial charge in [0.15, 0.2) is 0 Å². The van der Waals surface area contributed by atoms with Gasteiger partial charge in [0, 0.05) is 18.7 Å². The Balaban J connectivity index is 1.82. The Morgan fingerprint density at radius 1 is 1.14 bits per heavy atom. The van der Waals surface area contributed by atoms with Crippen molar-refractivity contribution in [1.29, 1.82) is 5.26 Å². The number of para-hydroxylation sites is 1. The van der Waals surface area contributed by atoms with Crippen molar-refractivity contribution < 1.29 is 9.18 Å². The van der Waals surface area contributed by atoms with E-state index in [0.717, 1.165) is 0 Å². The molecule has 0 fully saturated rings. The zero-order valence-electron chi connectivity index (χ0n) is 11.3. The lowest BCUT2D eigenvalue weighted by Crippen LogP contribution is -2.16. The number of carbonyl (C=O) groups excluding carboxylic acids is 1. The number of amides is 1. The molecule has 0 aliphatic rings. The standard InChI is InChI=1S/C16H14FN3O/c17-13-5-7-14(8-6-13)20-16(21)9-10-19-15-4-2-1-3-12(15)11-18/h1-8,19H,9-10H2,(H,20,21). The fraction of sp³-hybridized carbons (Fsp3) is 0.125. The maximum Gasteiger partial charge on any atom is 0.226 e. The molecule has 0 radical (unpaired) electrons. The van der Waals surface area contributed by atoms with Crippen LogP contribution < -0.4 is 10.6 Å². The lowest BCUT2D eigenvalue weighted by Gasteiger charge is -2.08. The van der Waals surface area contributed by atoms with Gasteiger partial charge >= 0.3 is 0 Å². The lowest BCUT2D eigenvalue weighted by atomic mass is 10.2. The Hall–Kier alpha value is -2.87. The van der Waals surface area contributed by atoms with Gasteiger partial charge in [0.2, 0.25) is 5.91 Å². The minimum Gasteiger partial charge on any atom is -0.383 e. The zero-order valence-corrected chi connectivity index (χ0v) is 11.3. The molecule has 0 heterocycles. The van der Waals surface area contributed by atoms with Crippen molar-refractivity contribution in [3.8, 4) is 6.07 Å². The van der Waals surface area contributed by atoms with E-state index in [-0.39, 0.29) is 18.1 Å². The molecule has 2 N–H and O–H groups in total. The largest absolute Gasteiger partial charge is 0.383 e. The van der Waals surface area contributed by atoms with Gasteiger partial charge in [0.25, 0.3) is 0 Å². The van der Waals surface area contributed by atoms with E-state index >= 15 is 0 Å².